The number of anilines is 1. The summed E-state index contributed by atoms with van der Waals surface area (Å²) >= 11 is 3.36. The Morgan fingerprint density at radius 3 is 2.72 bits per heavy atom. The van der Waals surface area contributed by atoms with E-state index in [0.717, 1.165) is 36.4 Å². The third kappa shape index (κ3) is 2.92. The molecule has 1 aliphatic heterocycles. The third-order valence-corrected chi connectivity index (χ3v) is 4.00. The minimum absolute atomic E-state index is 0.271. The number of piperidine rings is 1. The van der Waals surface area contributed by atoms with Crippen molar-refractivity contribution < 1.29 is 4.74 Å². The summed E-state index contributed by atoms with van der Waals surface area (Å²) in [7, 11) is 1.61. The van der Waals surface area contributed by atoms with Crippen LogP contribution in [0.4, 0.5) is 5.95 Å². The summed E-state index contributed by atoms with van der Waals surface area (Å²) in [6, 6.07) is 0.271. The van der Waals surface area contributed by atoms with Crippen molar-refractivity contribution in [3.63, 3.8) is 0 Å². The van der Waals surface area contributed by atoms with Crippen LogP contribution in [0.15, 0.2) is 10.7 Å². The molecule has 100 valence electrons. The van der Waals surface area contributed by atoms with E-state index in [2.05, 4.69) is 37.7 Å². The average Bonchev–Trinajstić information content (AvgIpc) is 2.39. The summed E-state index contributed by atoms with van der Waals surface area (Å²) in [6.07, 6.45) is 3.93. The normalized spacial score (nSPS) is 18.8. The average molecular weight is 315 g/mol. The minimum atomic E-state index is 0.271. The molecule has 0 saturated carbocycles. The van der Waals surface area contributed by atoms with Gasteiger partial charge in [0.25, 0.3) is 0 Å². The second kappa shape index (κ2) is 5.84. The topological polar surface area (TPSA) is 64.3 Å². The molecule has 0 bridgehead atoms. The minimum Gasteiger partial charge on any atom is -0.480 e. The Bertz CT molecular complexity index is 405. The van der Waals surface area contributed by atoms with Gasteiger partial charge < -0.3 is 15.4 Å². The molecule has 0 radical (unpaired) electrons. The van der Waals surface area contributed by atoms with Crippen molar-refractivity contribution >= 4 is 21.9 Å². The largest absolute Gasteiger partial charge is 0.480 e. The number of nitrogens with zero attached hydrogens (tertiary/aromatic N) is 3. The van der Waals surface area contributed by atoms with E-state index in [9.17, 15) is 0 Å². The number of rotatable bonds is 3. The molecule has 1 fully saturated rings. The standard InChI is InChI=1S/C12H19BrN4O/c1-8(14)9-3-5-17(6-4-9)12-15-7-10(13)11(16-12)18-2/h7-9H,3-6,14H2,1-2H3. The van der Waals surface area contributed by atoms with E-state index in [1.165, 1.54) is 0 Å². The van der Waals surface area contributed by atoms with Crippen LogP contribution in [0.5, 0.6) is 5.88 Å². The van der Waals surface area contributed by atoms with Crippen LogP contribution in [0.1, 0.15) is 19.8 Å². The number of aromatic nitrogens is 2. The highest BCUT2D eigenvalue weighted by molar-refractivity contribution is 9.10. The number of methoxy groups -OCH3 is 1. The number of hydrogen-bond donors (Lipinski definition) is 1. The molecule has 2 N–H and O–H groups in total. The number of ether oxygens (including phenoxy) is 1. The molecule has 1 unspecified atom stereocenters. The van der Waals surface area contributed by atoms with E-state index in [-0.39, 0.29) is 6.04 Å². The van der Waals surface area contributed by atoms with Crippen LogP contribution < -0.4 is 15.4 Å². The molecule has 1 aromatic heterocycles. The van der Waals surface area contributed by atoms with Gasteiger partial charge in [-0.15, -0.1) is 0 Å². The lowest BCUT2D eigenvalue weighted by molar-refractivity contribution is 0.350. The number of nitrogens with two attached hydrogens (primary N) is 1. The molecule has 0 amide bonds. The summed E-state index contributed by atoms with van der Waals surface area (Å²) in [6.45, 7) is 3.99. The predicted molar refractivity (Wildman–Crippen MR) is 74.9 cm³/mol. The number of halogens is 1. The molecular weight excluding hydrogens is 296 g/mol. The van der Waals surface area contributed by atoms with Crippen molar-refractivity contribution in [2.24, 2.45) is 11.7 Å². The summed E-state index contributed by atoms with van der Waals surface area (Å²) in [5, 5.41) is 0. The summed E-state index contributed by atoms with van der Waals surface area (Å²) in [5.41, 5.74) is 5.94. The zero-order valence-corrected chi connectivity index (χ0v) is 12.4. The van der Waals surface area contributed by atoms with Gasteiger partial charge in [0.1, 0.15) is 0 Å². The lowest BCUT2D eigenvalue weighted by Gasteiger charge is -2.33. The molecule has 0 aliphatic carbocycles. The molecule has 18 heavy (non-hydrogen) atoms. The van der Waals surface area contributed by atoms with Crippen molar-refractivity contribution in [3.8, 4) is 5.88 Å². The molecule has 1 saturated heterocycles. The SMILES string of the molecule is COc1nc(N2CCC(C(C)N)CC2)ncc1Br. The molecule has 1 atom stereocenters. The van der Waals surface area contributed by atoms with Gasteiger partial charge in [0.15, 0.2) is 0 Å². The van der Waals surface area contributed by atoms with Crippen molar-refractivity contribution in [2.45, 2.75) is 25.8 Å². The highest BCUT2D eigenvalue weighted by atomic mass is 79.9. The smallest absolute Gasteiger partial charge is 0.232 e. The van der Waals surface area contributed by atoms with E-state index in [4.69, 9.17) is 10.5 Å². The first-order chi connectivity index (χ1) is 8.61. The molecule has 6 heteroatoms. The van der Waals surface area contributed by atoms with Crippen LogP contribution in [-0.2, 0) is 0 Å². The van der Waals surface area contributed by atoms with E-state index in [1.54, 1.807) is 13.3 Å². The first-order valence-corrected chi connectivity index (χ1v) is 6.98. The van der Waals surface area contributed by atoms with Crippen LogP contribution in [0.3, 0.4) is 0 Å². The summed E-state index contributed by atoms with van der Waals surface area (Å²) in [4.78, 5) is 10.9. The van der Waals surface area contributed by atoms with E-state index in [0.29, 0.717) is 11.8 Å². The second-order valence-corrected chi connectivity index (χ2v) is 5.57. The highest BCUT2D eigenvalue weighted by Gasteiger charge is 2.23. The molecule has 2 rings (SSSR count). The van der Waals surface area contributed by atoms with E-state index in [1.807, 2.05) is 0 Å². The Morgan fingerprint density at radius 1 is 1.50 bits per heavy atom. The Morgan fingerprint density at radius 2 is 2.17 bits per heavy atom. The van der Waals surface area contributed by atoms with Gasteiger partial charge in [-0.1, -0.05) is 0 Å². The van der Waals surface area contributed by atoms with Crippen molar-refractivity contribution in [3.05, 3.63) is 10.7 Å². The van der Waals surface area contributed by atoms with Crippen LogP contribution in [-0.4, -0.2) is 36.2 Å². The maximum Gasteiger partial charge on any atom is 0.232 e. The fraction of sp³-hybridized carbons (Fsp3) is 0.667. The second-order valence-electron chi connectivity index (χ2n) is 4.71. The Balaban J connectivity index is 2.05. The molecule has 0 spiro atoms. The fourth-order valence-electron chi connectivity index (χ4n) is 2.26. The van der Waals surface area contributed by atoms with Crippen LogP contribution in [0, 0.1) is 5.92 Å². The Kier molecular flexibility index (Phi) is 4.40. The van der Waals surface area contributed by atoms with Gasteiger partial charge >= 0.3 is 0 Å². The highest BCUT2D eigenvalue weighted by Crippen LogP contribution is 2.26. The number of hydrogen-bond acceptors (Lipinski definition) is 5. The molecule has 0 aromatic carbocycles. The zero-order chi connectivity index (χ0) is 13.1. The monoisotopic (exact) mass is 314 g/mol. The fourth-order valence-corrected chi connectivity index (χ4v) is 2.62. The molecule has 1 aromatic rings. The quantitative estimate of drug-likeness (QED) is 0.921. The third-order valence-electron chi connectivity index (χ3n) is 3.46. The Hall–Kier alpha value is -0.880. The van der Waals surface area contributed by atoms with E-state index >= 15 is 0 Å². The van der Waals surface area contributed by atoms with E-state index < -0.39 is 0 Å². The maximum absolute atomic E-state index is 5.94. The maximum atomic E-state index is 5.94. The van der Waals surface area contributed by atoms with Gasteiger partial charge in [0, 0.05) is 19.1 Å². The van der Waals surface area contributed by atoms with Crippen molar-refractivity contribution in [1.29, 1.82) is 0 Å². The zero-order valence-electron chi connectivity index (χ0n) is 10.8. The van der Waals surface area contributed by atoms with Gasteiger partial charge in [-0.25, -0.2) is 4.98 Å². The summed E-state index contributed by atoms with van der Waals surface area (Å²) < 4.78 is 5.97. The van der Waals surface area contributed by atoms with Gasteiger partial charge in [0.2, 0.25) is 11.8 Å². The molecule has 1 aliphatic rings. The van der Waals surface area contributed by atoms with Crippen molar-refractivity contribution in [1.82, 2.24) is 9.97 Å². The van der Waals surface area contributed by atoms with Crippen molar-refractivity contribution in [2.75, 3.05) is 25.1 Å². The lowest BCUT2D eigenvalue weighted by Crippen LogP contribution is -2.40. The molecular formula is C12H19BrN4O. The van der Waals surface area contributed by atoms with Crippen LogP contribution in [0.2, 0.25) is 0 Å². The summed E-state index contributed by atoms with van der Waals surface area (Å²) in [5.74, 6) is 1.92. The Labute approximate surface area is 116 Å². The predicted octanol–water partition coefficient (Wildman–Crippen LogP) is 1.81. The first kappa shape index (κ1) is 13.5. The van der Waals surface area contributed by atoms with Gasteiger partial charge in [-0.2, -0.15) is 4.98 Å². The molecule has 5 nitrogen and oxygen atoms in total. The first-order valence-electron chi connectivity index (χ1n) is 6.19. The van der Waals surface area contributed by atoms with Gasteiger partial charge in [0.05, 0.1) is 17.8 Å². The van der Waals surface area contributed by atoms with Crippen LogP contribution in [0.25, 0.3) is 0 Å². The van der Waals surface area contributed by atoms with Crippen LogP contribution >= 0.6 is 15.9 Å². The molecule has 2 heterocycles. The van der Waals surface area contributed by atoms with Gasteiger partial charge in [-0.05, 0) is 41.6 Å². The lowest BCUT2D eigenvalue weighted by atomic mass is 9.91. The van der Waals surface area contributed by atoms with Gasteiger partial charge in [-0.3, -0.25) is 0 Å².